The van der Waals surface area contributed by atoms with Crippen molar-refractivity contribution < 1.29 is 35.9 Å². The van der Waals surface area contributed by atoms with E-state index in [0.717, 1.165) is 18.2 Å². The first-order valence-electron chi connectivity index (χ1n) is 10.2. The topological polar surface area (TPSA) is 64.1 Å². The van der Waals surface area contributed by atoms with Gasteiger partial charge in [-0.25, -0.2) is 9.97 Å². The maximum absolute atomic E-state index is 13.0. The van der Waals surface area contributed by atoms with Crippen LogP contribution in [0.4, 0.5) is 26.3 Å². The minimum Gasteiger partial charge on any atom is -0.453 e. The molecule has 1 N–H and O–H groups in total. The van der Waals surface area contributed by atoms with Gasteiger partial charge in [0.2, 0.25) is 0 Å². The van der Waals surface area contributed by atoms with E-state index >= 15 is 0 Å². The van der Waals surface area contributed by atoms with E-state index in [2.05, 4.69) is 15.3 Å². The van der Waals surface area contributed by atoms with Gasteiger partial charge in [0.25, 0.3) is 5.91 Å². The highest BCUT2D eigenvalue weighted by molar-refractivity contribution is 8.00. The molecule has 3 aromatic rings. The smallest absolute Gasteiger partial charge is 0.446 e. The van der Waals surface area contributed by atoms with Crippen LogP contribution in [-0.4, -0.2) is 33.3 Å². The fourth-order valence-electron chi connectivity index (χ4n) is 3.07. The highest BCUT2D eigenvalue weighted by Crippen LogP contribution is 2.37. The van der Waals surface area contributed by atoms with Gasteiger partial charge in [-0.2, -0.15) is 26.3 Å². The molecule has 0 aliphatic heterocycles. The van der Waals surface area contributed by atoms with Crippen molar-refractivity contribution in [2.24, 2.45) is 0 Å². The van der Waals surface area contributed by atoms with Crippen molar-refractivity contribution in [2.45, 2.75) is 36.0 Å². The van der Waals surface area contributed by atoms with Crippen LogP contribution in [0.25, 0.3) is 0 Å². The predicted molar refractivity (Wildman–Crippen MR) is 122 cm³/mol. The number of aryl methyl sites for hydroxylation is 1. The summed E-state index contributed by atoms with van der Waals surface area (Å²) in [6.07, 6.45) is -3.20. The molecule has 0 saturated carbocycles. The molecule has 0 spiro atoms. The van der Waals surface area contributed by atoms with Crippen LogP contribution in [0.2, 0.25) is 0 Å². The van der Waals surface area contributed by atoms with Gasteiger partial charge in [0.1, 0.15) is 11.6 Å². The summed E-state index contributed by atoms with van der Waals surface area (Å²) in [5.74, 6) is -0.857. The summed E-state index contributed by atoms with van der Waals surface area (Å²) < 4.78 is 82.1. The Hall–Kier alpha value is -2.99. The highest BCUT2D eigenvalue weighted by atomic mass is 35.5. The lowest BCUT2D eigenvalue weighted by atomic mass is 10.1. The lowest BCUT2D eigenvalue weighted by molar-refractivity contribution is -0.137. The van der Waals surface area contributed by atoms with Crippen LogP contribution in [-0.2, 0) is 12.6 Å². The number of benzene rings is 2. The standard InChI is InChI=1S/C23H18ClF6N3O2S/c1-13-31-12-19(35-17-4-2-3-15(10-17)22(25,26)27)20(32-13)21(34)33-16(11-24)9-14-5-7-18(8-6-14)36-23(28,29)30/h2-8,10,12,16H,9,11H2,1H3,(H,33,34). The maximum atomic E-state index is 13.0. The van der Waals surface area contributed by atoms with Gasteiger partial charge in [0.05, 0.1) is 11.8 Å². The Morgan fingerprint density at radius 3 is 2.42 bits per heavy atom. The van der Waals surface area contributed by atoms with Crippen LogP contribution in [0, 0.1) is 6.92 Å². The molecule has 1 heterocycles. The van der Waals surface area contributed by atoms with Crippen molar-refractivity contribution in [3.8, 4) is 11.5 Å². The third-order valence-electron chi connectivity index (χ3n) is 4.64. The third kappa shape index (κ3) is 8.02. The zero-order valence-corrected chi connectivity index (χ0v) is 20.0. The van der Waals surface area contributed by atoms with Gasteiger partial charge >= 0.3 is 11.7 Å². The van der Waals surface area contributed by atoms with Gasteiger partial charge in [-0.15, -0.1) is 11.6 Å². The summed E-state index contributed by atoms with van der Waals surface area (Å²) in [6, 6.07) is 9.11. The normalized spacial score (nSPS) is 12.8. The first kappa shape index (κ1) is 27.6. The number of alkyl halides is 7. The van der Waals surface area contributed by atoms with E-state index < -0.39 is 29.2 Å². The van der Waals surface area contributed by atoms with Crippen molar-refractivity contribution in [2.75, 3.05) is 5.88 Å². The first-order valence-corrected chi connectivity index (χ1v) is 11.6. The molecule has 1 unspecified atom stereocenters. The number of rotatable bonds is 8. The summed E-state index contributed by atoms with van der Waals surface area (Å²) in [5, 5.41) is 2.67. The van der Waals surface area contributed by atoms with Crippen molar-refractivity contribution in [3.63, 3.8) is 0 Å². The number of ether oxygens (including phenoxy) is 1. The molecular formula is C23H18ClF6N3O2S. The minimum absolute atomic E-state index is 0.0190. The van der Waals surface area contributed by atoms with E-state index in [-0.39, 0.29) is 52.0 Å². The first-order chi connectivity index (χ1) is 16.8. The Morgan fingerprint density at radius 2 is 1.81 bits per heavy atom. The molecule has 3 rings (SSSR count). The van der Waals surface area contributed by atoms with E-state index in [4.69, 9.17) is 16.3 Å². The van der Waals surface area contributed by atoms with E-state index in [1.54, 1.807) is 0 Å². The fourth-order valence-corrected chi connectivity index (χ4v) is 3.79. The van der Waals surface area contributed by atoms with Crippen LogP contribution in [0.5, 0.6) is 11.5 Å². The van der Waals surface area contributed by atoms with E-state index in [1.165, 1.54) is 43.5 Å². The van der Waals surface area contributed by atoms with Gasteiger partial charge in [0.15, 0.2) is 11.4 Å². The van der Waals surface area contributed by atoms with Crippen LogP contribution in [0.3, 0.4) is 0 Å². The maximum Gasteiger partial charge on any atom is 0.446 e. The molecule has 0 aliphatic rings. The Kier molecular flexibility index (Phi) is 8.72. The van der Waals surface area contributed by atoms with Gasteiger partial charge in [-0.05, 0) is 61.0 Å². The van der Waals surface area contributed by atoms with Crippen molar-refractivity contribution in [1.29, 1.82) is 0 Å². The van der Waals surface area contributed by atoms with Gasteiger partial charge < -0.3 is 10.1 Å². The molecular weight excluding hydrogens is 532 g/mol. The molecule has 2 aromatic carbocycles. The molecule has 0 aliphatic carbocycles. The van der Waals surface area contributed by atoms with Crippen molar-refractivity contribution >= 4 is 29.3 Å². The van der Waals surface area contributed by atoms with Crippen LogP contribution in [0.1, 0.15) is 27.4 Å². The molecule has 13 heteroatoms. The zero-order valence-electron chi connectivity index (χ0n) is 18.5. The third-order valence-corrected chi connectivity index (χ3v) is 5.75. The van der Waals surface area contributed by atoms with Crippen molar-refractivity contribution in [1.82, 2.24) is 15.3 Å². The van der Waals surface area contributed by atoms with Gasteiger partial charge in [-0.3, -0.25) is 4.79 Å². The SMILES string of the molecule is Cc1ncc(Oc2cccc(C(F)(F)F)c2)c(C(=O)NC(CCl)Cc2ccc(SC(F)(F)F)cc2)n1. The summed E-state index contributed by atoms with van der Waals surface area (Å²) in [7, 11) is 0. The number of amides is 1. The number of nitrogens with zero attached hydrogens (tertiary/aromatic N) is 2. The molecule has 1 atom stereocenters. The quantitative estimate of drug-likeness (QED) is 0.190. The van der Waals surface area contributed by atoms with E-state index in [9.17, 15) is 31.1 Å². The number of carbonyl (C=O) groups excluding carboxylic acids is 1. The average Bonchev–Trinajstić information content (AvgIpc) is 2.79. The van der Waals surface area contributed by atoms with Crippen LogP contribution >= 0.6 is 23.4 Å². The molecule has 36 heavy (non-hydrogen) atoms. The Labute approximate surface area is 211 Å². The monoisotopic (exact) mass is 549 g/mol. The number of thioether (sulfide) groups is 1. The number of hydrogen-bond donors (Lipinski definition) is 1. The molecule has 0 fully saturated rings. The van der Waals surface area contributed by atoms with Crippen molar-refractivity contribution in [3.05, 3.63) is 77.4 Å². The molecule has 0 radical (unpaired) electrons. The number of aromatic nitrogens is 2. The fraction of sp³-hybridized carbons (Fsp3) is 0.261. The number of nitrogens with one attached hydrogen (secondary N) is 1. The highest BCUT2D eigenvalue weighted by Gasteiger charge is 2.31. The predicted octanol–water partition coefficient (Wildman–Crippen LogP) is 6.79. The Morgan fingerprint density at radius 1 is 1.11 bits per heavy atom. The van der Waals surface area contributed by atoms with Gasteiger partial charge in [0, 0.05) is 16.8 Å². The number of hydrogen-bond acceptors (Lipinski definition) is 5. The van der Waals surface area contributed by atoms with Crippen LogP contribution in [0.15, 0.2) is 59.6 Å². The summed E-state index contributed by atoms with van der Waals surface area (Å²) in [5.41, 5.74) is -4.92. The van der Waals surface area contributed by atoms with E-state index in [1.807, 2.05) is 0 Å². The van der Waals surface area contributed by atoms with Gasteiger partial charge in [-0.1, -0.05) is 18.2 Å². The van der Waals surface area contributed by atoms with Crippen LogP contribution < -0.4 is 10.1 Å². The Balaban J connectivity index is 1.75. The summed E-state index contributed by atoms with van der Waals surface area (Å²) in [4.78, 5) is 21.0. The molecule has 0 bridgehead atoms. The number of carbonyl (C=O) groups is 1. The zero-order chi connectivity index (χ0) is 26.5. The average molecular weight is 550 g/mol. The summed E-state index contributed by atoms with van der Waals surface area (Å²) >= 11 is 5.75. The second-order valence-corrected chi connectivity index (χ2v) is 8.93. The molecule has 192 valence electrons. The molecule has 0 saturated heterocycles. The largest absolute Gasteiger partial charge is 0.453 e. The summed E-state index contributed by atoms with van der Waals surface area (Å²) in [6.45, 7) is 1.52. The lowest BCUT2D eigenvalue weighted by Gasteiger charge is -2.18. The van der Waals surface area contributed by atoms with E-state index in [0.29, 0.717) is 5.56 Å². The molecule has 1 amide bonds. The second-order valence-electron chi connectivity index (χ2n) is 7.48. The number of halogens is 7. The second kappa shape index (κ2) is 11.4. The molecule has 1 aromatic heterocycles. The minimum atomic E-state index is -4.58. The molecule has 5 nitrogen and oxygen atoms in total. The lowest BCUT2D eigenvalue weighted by Crippen LogP contribution is -2.38. The Bertz CT molecular complexity index is 1210.